The van der Waals surface area contributed by atoms with Crippen LogP contribution in [0.25, 0.3) is 0 Å². The first kappa shape index (κ1) is 58.0. The SMILES string of the molecule is C[C@@H]1O[C@@H](O[C@H]2[C@H](O[C@H]3CO[C@@H](O[C@H]4CC[C@@]5(C)[C@H]6CC[C@]78O[C@H](O)[C@]9(CC[C@](C)(C=O)C[C@H]97)[C@H](O)C[C@@]8(C)[C@]6(C)CC[C@H]5C4(C)C)[C@H](O[C@@H]4O[C@H](CO)[C@@H](O)[C@H](O)[C@H]4O)[C@H]3O)O[C@H](CO)[C@@H](O)[C@@H]2O)[C@H](O)[C@H](O)[C@H]1O. The van der Waals surface area contributed by atoms with E-state index in [1.807, 2.05) is 6.92 Å². The van der Waals surface area contributed by atoms with E-state index >= 15 is 0 Å². The average molecular weight is 1090 g/mol. The first-order valence-electron chi connectivity index (χ1n) is 27.7. The summed E-state index contributed by atoms with van der Waals surface area (Å²) in [5, 5.41) is 143. The number of aliphatic hydroxyl groups is 13. The molecule has 0 aromatic carbocycles. The Morgan fingerprint density at radius 3 is 1.79 bits per heavy atom. The topological polar surface area (TPSA) is 363 Å². The molecule has 1 spiro atoms. The van der Waals surface area contributed by atoms with Crippen molar-refractivity contribution in [3.8, 4) is 0 Å². The molecule has 5 saturated heterocycles. The van der Waals surface area contributed by atoms with Gasteiger partial charge in [0.2, 0.25) is 0 Å². The Kier molecular flexibility index (Phi) is 15.5. The van der Waals surface area contributed by atoms with Gasteiger partial charge in [0.1, 0.15) is 91.7 Å². The summed E-state index contributed by atoms with van der Waals surface area (Å²) in [6.07, 6.45) is -26.4. The minimum Gasteiger partial charge on any atom is -0.394 e. The number of aldehydes is 1. The zero-order valence-electron chi connectivity index (χ0n) is 44.6. The number of carbonyl (C=O) groups excluding carboxylic acids is 1. The van der Waals surface area contributed by atoms with Crippen LogP contribution in [-0.4, -0.2) is 233 Å². The maximum absolute atomic E-state index is 12.6. The molecule has 23 nitrogen and oxygen atoms in total. The average Bonchev–Trinajstić information content (AvgIpc) is 3.85. The zero-order chi connectivity index (χ0) is 55.2. The van der Waals surface area contributed by atoms with Gasteiger partial charge in [-0.25, -0.2) is 0 Å². The van der Waals surface area contributed by atoms with Gasteiger partial charge in [-0.05, 0) is 99.2 Å². The van der Waals surface area contributed by atoms with Crippen molar-refractivity contribution in [3.63, 3.8) is 0 Å². The number of fused-ring (bicyclic) bond motifs is 4. The van der Waals surface area contributed by atoms with Gasteiger partial charge in [-0.3, -0.25) is 0 Å². The molecule has 10 aliphatic rings. The second-order valence-electron chi connectivity index (χ2n) is 26.3. The third-order valence-electron chi connectivity index (χ3n) is 22.4. The molecule has 0 aromatic rings. The number of rotatable bonds is 11. The van der Waals surface area contributed by atoms with Crippen molar-refractivity contribution in [2.75, 3.05) is 19.8 Å². The molecule has 0 radical (unpaired) electrons. The highest BCUT2D eigenvalue weighted by Gasteiger charge is 2.82. The Morgan fingerprint density at radius 2 is 1.14 bits per heavy atom. The van der Waals surface area contributed by atoms with Gasteiger partial charge >= 0.3 is 0 Å². The van der Waals surface area contributed by atoms with Crippen LogP contribution in [0.2, 0.25) is 0 Å². The number of carbonyl (C=O) groups is 1. The second kappa shape index (κ2) is 20.3. The predicted octanol–water partition coefficient (Wildman–Crippen LogP) is -2.19. The molecular formula is C53H86O23. The van der Waals surface area contributed by atoms with Gasteiger partial charge in [-0.1, -0.05) is 41.5 Å². The van der Waals surface area contributed by atoms with Crippen molar-refractivity contribution in [2.24, 2.45) is 50.2 Å². The fourth-order valence-corrected chi connectivity index (χ4v) is 17.7. The van der Waals surface area contributed by atoms with Crippen molar-refractivity contribution in [1.29, 1.82) is 0 Å². The van der Waals surface area contributed by atoms with E-state index in [2.05, 4.69) is 34.6 Å². The van der Waals surface area contributed by atoms with E-state index in [1.165, 1.54) is 6.92 Å². The first-order chi connectivity index (χ1) is 35.6. The zero-order valence-corrected chi connectivity index (χ0v) is 44.6. The fraction of sp³-hybridized carbons (Fsp3) is 0.981. The van der Waals surface area contributed by atoms with Crippen LogP contribution < -0.4 is 0 Å². The van der Waals surface area contributed by atoms with Crippen molar-refractivity contribution in [2.45, 2.75) is 253 Å². The van der Waals surface area contributed by atoms with E-state index in [9.17, 15) is 71.2 Å². The lowest BCUT2D eigenvalue weighted by Crippen LogP contribution is -2.74. The van der Waals surface area contributed by atoms with Gasteiger partial charge in [0.15, 0.2) is 31.5 Å². The van der Waals surface area contributed by atoms with Crippen LogP contribution in [-0.2, 0) is 47.4 Å². The highest BCUT2D eigenvalue weighted by atomic mass is 16.8. The van der Waals surface area contributed by atoms with E-state index in [0.29, 0.717) is 44.9 Å². The van der Waals surface area contributed by atoms with Crippen molar-refractivity contribution in [3.05, 3.63) is 0 Å². The Labute approximate surface area is 442 Å². The van der Waals surface area contributed by atoms with E-state index in [4.69, 9.17) is 42.6 Å². The lowest BCUT2D eigenvalue weighted by molar-refractivity contribution is -0.394. The molecule has 2 bridgehead atoms. The standard InChI is InChI=1S/C53H86O23/c1-22-31(58)35(62)38(65)42(69-22)75-41-37(64)33(60)24(19-55)71-45(41)72-25-20-68-44(40(34(25)61)74-43-39(66)36(63)32(59)23(18-54)70-43)73-30-10-11-49(5)26(47(30,2)3)8-12-50(6)27(49)9-13-53-28-16-48(4,21-56)14-15-52(28,46(67)76-53)29(57)17-51(50,53)7/h21-46,54-55,57-67H,8-20H2,1-7H3/t22-,23+,24+,25-,26-,27+,28+,29+,30-,31-,32+,33+,34-,35+,36-,37-,38+,39+,40+,41+,42-,43-,44-,45-,46-,48-,49+,50+,51-,52-,53-/m0/s1. The third-order valence-corrected chi connectivity index (χ3v) is 22.4. The highest BCUT2D eigenvalue weighted by molar-refractivity contribution is 5.59. The fourth-order valence-electron chi connectivity index (χ4n) is 17.7. The predicted molar refractivity (Wildman–Crippen MR) is 256 cm³/mol. The molecule has 436 valence electrons. The van der Waals surface area contributed by atoms with E-state index in [-0.39, 0.29) is 28.6 Å². The van der Waals surface area contributed by atoms with E-state index < -0.39 is 182 Å². The number of hydrogen-bond acceptors (Lipinski definition) is 23. The molecule has 5 aliphatic heterocycles. The van der Waals surface area contributed by atoms with Gasteiger partial charge in [-0.2, -0.15) is 0 Å². The minimum atomic E-state index is -1.90. The molecular weight excluding hydrogens is 1000 g/mol. The molecule has 10 rings (SSSR count). The summed E-state index contributed by atoms with van der Waals surface area (Å²) in [5.41, 5.74) is -3.89. The molecule has 0 aromatic heterocycles. The number of aliphatic hydroxyl groups excluding tert-OH is 13. The minimum absolute atomic E-state index is 0.0697. The molecule has 0 amide bonds. The summed E-state index contributed by atoms with van der Waals surface area (Å²) in [5.74, 6) is 0.0326. The van der Waals surface area contributed by atoms with Crippen LogP contribution in [0.1, 0.15) is 113 Å². The summed E-state index contributed by atoms with van der Waals surface area (Å²) in [6.45, 7) is 12.6. The Hall–Kier alpha value is -1.21. The summed E-state index contributed by atoms with van der Waals surface area (Å²) in [7, 11) is 0. The molecule has 0 unspecified atom stereocenters. The highest BCUT2D eigenvalue weighted by Crippen LogP contribution is 2.81. The smallest absolute Gasteiger partial charge is 0.187 e. The molecule has 31 atom stereocenters. The van der Waals surface area contributed by atoms with Gasteiger partial charge in [0.05, 0.1) is 49.1 Å². The lowest BCUT2D eigenvalue weighted by Gasteiger charge is -2.75. The normalized spacial score (nSPS) is 58.9. The summed E-state index contributed by atoms with van der Waals surface area (Å²) < 4.78 is 55.9. The monoisotopic (exact) mass is 1090 g/mol. The largest absolute Gasteiger partial charge is 0.394 e. The number of hydrogen-bond donors (Lipinski definition) is 13. The Bertz CT molecular complexity index is 2090. The molecule has 76 heavy (non-hydrogen) atoms. The number of ether oxygens (including phenoxy) is 9. The summed E-state index contributed by atoms with van der Waals surface area (Å²) in [4.78, 5) is 12.6. The maximum atomic E-state index is 12.6. The Morgan fingerprint density at radius 1 is 0.553 bits per heavy atom. The van der Waals surface area contributed by atoms with Crippen molar-refractivity contribution >= 4 is 6.29 Å². The van der Waals surface area contributed by atoms with Gasteiger partial charge < -0.3 is 114 Å². The molecule has 5 saturated carbocycles. The van der Waals surface area contributed by atoms with Gasteiger partial charge in [0, 0.05) is 16.7 Å². The van der Waals surface area contributed by atoms with Crippen LogP contribution in [0.15, 0.2) is 0 Å². The maximum Gasteiger partial charge on any atom is 0.187 e. The van der Waals surface area contributed by atoms with Crippen molar-refractivity contribution in [1.82, 2.24) is 0 Å². The van der Waals surface area contributed by atoms with Crippen LogP contribution in [0, 0.1) is 50.2 Å². The van der Waals surface area contributed by atoms with Gasteiger partial charge in [-0.15, -0.1) is 0 Å². The van der Waals surface area contributed by atoms with Gasteiger partial charge in [0.25, 0.3) is 0 Å². The summed E-state index contributed by atoms with van der Waals surface area (Å²) in [6, 6.07) is 0. The van der Waals surface area contributed by atoms with Crippen LogP contribution in [0.3, 0.4) is 0 Å². The Balaban J connectivity index is 0.906. The molecule has 5 aliphatic carbocycles. The third kappa shape index (κ3) is 8.44. The molecule has 23 heteroatoms. The van der Waals surface area contributed by atoms with E-state index in [1.54, 1.807) is 0 Å². The van der Waals surface area contributed by atoms with Crippen LogP contribution in [0.4, 0.5) is 0 Å². The first-order valence-corrected chi connectivity index (χ1v) is 27.7. The second-order valence-corrected chi connectivity index (χ2v) is 26.3. The summed E-state index contributed by atoms with van der Waals surface area (Å²) >= 11 is 0. The van der Waals surface area contributed by atoms with Crippen molar-refractivity contribution < 1.29 is 114 Å². The molecule has 13 N–H and O–H groups in total. The molecule has 10 fully saturated rings. The lowest BCUT2D eigenvalue weighted by atomic mass is 9.30. The van der Waals surface area contributed by atoms with Crippen LogP contribution >= 0.6 is 0 Å². The van der Waals surface area contributed by atoms with Crippen LogP contribution in [0.5, 0.6) is 0 Å². The molecule has 5 heterocycles. The van der Waals surface area contributed by atoms with E-state index in [0.717, 1.165) is 25.5 Å². The quantitative estimate of drug-likeness (QED) is 0.0772.